The molecule has 6 heteroatoms. The van der Waals surface area contributed by atoms with Gasteiger partial charge in [-0.1, -0.05) is 30.4 Å². The van der Waals surface area contributed by atoms with Gasteiger partial charge >= 0.3 is 0 Å². The standard InChI is InChI=1S/C20H28N4O2/c1-22(2)15-19(25)18-13-17-14-23(11-12-24(17)21-18)10-6-8-16-7-4-5-9-20(16)26-3/h4-9,13,19,25H,10-12,14-15H2,1-3H3/b8-6+. The Hall–Kier alpha value is -2.15. The Labute approximate surface area is 155 Å². The molecular weight excluding hydrogens is 328 g/mol. The number of rotatable bonds is 7. The van der Waals surface area contributed by atoms with Crippen molar-refractivity contribution >= 4 is 6.08 Å². The van der Waals surface area contributed by atoms with E-state index in [1.54, 1.807) is 7.11 Å². The molecular formula is C20H28N4O2. The maximum Gasteiger partial charge on any atom is 0.126 e. The van der Waals surface area contributed by atoms with E-state index in [0.29, 0.717) is 6.54 Å². The van der Waals surface area contributed by atoms with Crippen molar-refractivity contribution < 1.29 is 9.84 Å². The first kappa shape index (κ1) is 18.6. The van der Waals surface area contributed by atoms with E-state index in [1.807, 2.05) is 47.9 Å². The minimum Gasteiger partial charge on any atom is -0.496 e. The summed E-state index contributed by atoms with van der Waals surface area (Å²) >= 11 is 0. The number of ether oxygens (including phenoxy) is 1. The molecule has 0 spiro atoms. The van der Waals surface area contributed by atoms with Crippen LogP contribution in [0.3, 0.4) is 0 Å². The van der Waals surface area contributed by atoms with Crippen molar-refractivity contribution in [1.82, 2.24) is 19.6 Å². The van der Waals surface area contributed by atoms with Gasteiger partial charge in [0.2, 0.25) is 0 Å². The number of aromatic nitrogens is 2. The number of nitrogens with zero attached hydrogens (tertiary/aromatic N) is 4. The zero-order valence-electron chi connectivity index (χ0n) is 15.8. The second kappa shape index (κ2) is 8.49. The lowest BCUT2D eigenvalue weighted by molar-refractivity contribution is 0.133. The number of hydrogen-bond acceptors (Lipinski definition) is 5. The van der Waals surface area contributed by atoms with Gasteiger partial charge in [-0.25, -0.2) is 0 Å². The van der Waals surface area contributed by atoms with Gasteiger partial charge in [0.15, 0.2) is 0 Å². The van der Waals surface area contributed by atoms with Crippen LogP contribution in [0.25, 0.3) is 6.08 Å². The summed E-state index contributed by atoms with van der Waals surface area (Å²) < 4.78 is 7.41. The molecule has 0 fully saturated rings. The van der Waals surface area contributed by atoms with Crippen LogP contribution in [0.4, 0.5) is 0 Å². The molecule has 2 aromatic rings. The molecule has 6 nitrogen and oxygen atoms in total. The third kappa shape index (κ3) is 4.52. The Balaban J connectivity index is 1.60. The van der Waals surface area contributed by atoms with E-state index >= 15 is 0 Å². The summed E-state index contributed by atoms with van der Waals surface area (Å²) in [7, 11) is 5.60. The lowest BCUT2D eigenvalue weighted by Gasteiger charge is -2.26. The molecule has 0 amide bonds. The van der Waals surface area contributed by atoms with Crippen LogP contribution < -0.4 is 4.74 Å². The molecule has 1 N–H and O–H groups in total. The smallest absolute Gasteiger partial charge is 0.126 e. The predicted molar refractivity (Wildman–Crippen MR) is 103 cm³/mol. The van der Waals surface area contributed by atoms with Crippen LogP contribution in [0, 0.1) is 0 Å². The molecule has 2 heterocycles. The van der Waals surface area contributed by atoms with E-state index in [4.69, 9.17) is 4.74 Å². The fourth-order valence-electron chi connectivity index (χ4n) is 3.23. The lowest BCUT2D eigenvalue weighted by Crippen LogP contribution is -2.33. The molecule has 1 aromatic heterocycles. The van der Waals surface area contributed by atoms with Gasteiger partial charge in [-0.2, -0.15) is 5.10 Å². The van der Waals surface area contributed by atoms with E-state index in [9.17, 15) is 5.11 Å². The topological polar surface area (TPSA) is 53.8 Å². The summed E-state index contributed by atoms with van der Waals surface area (Å²) in [5.74, 6) is 0.889. The third-order valence-electron chi connectivity index (χ3n) is 4.58. The van der Waals surface area contributed by atoms with Gasteiger partial charge in [-0.15, -0.1) is 0 Å². The zero-order chi connectivity index (χ0) is 18.5. The van der Waals surface area contributed by atoms with Crippen molar-refractivity contribution in [3.05, 3.63) is 53.4 Å². The quantitative estimate of drug-likeness (QED) is 0.823. The number of hydrogen-bond donors (Lipinski definition) is 1. The molecule has 0 saturated carbocycles. The van der Waals surface area contributed by atoms with E-state index in [2.05, 4.69) is 28.2 Å². The molecule has 0 radical (unpaired) electrons. The van der Waals surface area contributed by atoms with Gasteiger partial charge in [0.1, 0.15) is 11.9 Å². The summed E-state index contributed by atoms with van der Waals surface area (Å²) in [5.41, 5.74) is 3.01. The van der Waals surface area contributed by atoms with Crippen molar-refractivity contribution in [2.24, 2.45) is 0 Å². The van der Waals surface area contributed by atoms with Gasteiger partial charge in [0.05, 0.1) is 25.0 Å². The van der Waals surface area contributed by atoms with Crippen LogP contribution in [0.5, 0.6) is 5.75 Å². The highest BCUT2D eigenvalue weighted by molar-refractivity contribution is 5.57. The Kier molecular flexibility index (Phi) is 6.08. The second-order valence-electron chi connectivity index (χ2n) is 6.94. The number of methoxy groups -OCH3 is 1. The van der Waals surface area contributed by atoms with Crippen LogP contribution in [-0.2, 0) is 13.1 Å². The van der Waals surface area contributed by atoms with Gasteiger partial charge < -0.3 is 14.7 Å². The van der Waals surface area contributed by atoms with Crippen LogP contribution in [0.2, 0.25) is 0 Å². The molecule has 0 bridgehead atoms. The van der Waals surface area contributed by atoms with Gasteiger partial charge in [0, 0.05) is 31.7 Å². The first-order chi connectivity index (χ1) is 12.6. The van der Waals surface area contributed by atoms with Crippen LogP contribution in [0.15, 0.2) is 36.4 Å². The number of aliphatic hydroxyl groups excluding tert-OH is 1. The molecule has 26 heavy (non-hydrogen) atoms. The fourth-order valence-corrected chi connectivity index (χ4v) is 3.23. The molecule has 1 aromatic carbocycles. The molecule has 1 atom stereocenters. The Bertz CT molecular complexity index is 754. The summed E-state index contributed by atoms with van der Waals surface area (Å²) in [4.78, 5) is 4.35. The lowest BCUT2D eigenvalue weighted by atomic mass is 10.2. The molecule has 1 aliphatic rings. The first-order valence-electron chi connectivity index (χ1n) is 8.98. The van der Waals surface area contributed by atoms with Crippen molar-refractivity contribution in [2.75, 3.05) is 40.8 Å². The van der Waals surface area contributed by atoms with Crippen LogP contribution >= 0.6 is 0 Å². The minimum absolute atomic E-state index is 0.540. The molecule has 3 rings (SSSR count). The average molecular weight is 356 g/mol. The van der Waals surface area contributed by atoms with Gasteiger partial charge in [0.25, 0.3) is 0 Å². The summed E-state index contributed by atoms with van der Waals surface area (Å²) in [6.45, 7) is 4.11. The Morgan fingerprint density at radius 3 is 2.88 bits per heavy atom. The molecule has 0 saturated heterocycles. The molecule has 0 aliphatic carbocycles. The number of fused-ring (bicyclic) bond motifs is 1. The van der Waals surface area contributed by atoms with Crippen LogP contribution in [0.1, 0.15) is 23.1 Å². The summed E-state index contributed by atoms with van der Waals surface area (Å²) in [5, 5.41) is 14.8. The fraction of sp³-hybridized carbons (Fsp3) is 0.450. The highest BCUT2D eigenvalue weighted by atomic mass is 16.5. The van der Waals surface area contributed by atoms with Gasteiger partial charge in [-0.3, -0.25) is 9.58 Å². The Morgan fingerprint density at radius 2 is 2.12 bits per heavy atom. The highest BCUT2D eigenvalue weighted by Gasteiger charge is 2.20. The monoisotopic (exact) mass is 356 g/mol. The molecule has 1 unspecified atom stereocenters. The number of para-hydroxylation sites is 1. The SMILES string of the molecule is COc1ccccc1/C=C/CN1CCn2nc(C(O)CN(C)C)cc2C1. The highest BCUT2D eigenvalue weighted by Crippen LogP contribution is 2.20. The maximum absolute atomic E-state index is 10.3. The van der Waals surface area contributed by atoms with Crippen molar-refractivity contribution in [1.29, 1.82) is 0 Å². The number of aliphatic hydroxyl groups is 1. The normalized spacial score (nSPS) is 16.2. The van der Waals surface area contributed by atoms with E-state index in [-0.39, 0.29) is 0 Å². The predicted octanol–water partition coefficient (Wildman–Crippen LogP) is 2.02. The van der Waals surface area contributed by atoms with E-state index < -0.39 is 6.10 Å². The zero-order valence-corrected chi connectivity index (χ0v) is 15.8. The minimum atomic E-state index is -0.540. The molecule has 140 valence electrons. The summed E-state index contributed by atoms with van der Waals surface area (Å²) in [6, 6.07) is 10.1. The van der Waals surface area contributed by atoms with E-state index in [1.165, 1.54) is 0 Å². The van der Waals surface area contributed by atoms with Crippen molar-refractivity contribution in [3.8, 4) is 5.75 Å². The van der Waals surface area contributed by atoms with Crippen LogP contribution in [-0.4, -0.2) is 65.5 Å². The first-order valence-corrected chi connectivity index (χ1v) is 8.98. The number of likely N-dealkylation sites (N-methyl/N-ethyl adjacent to an activating group) is 1. The number of benzene rings is 1. The van der Waals surface area contributed by atoms with E-state index in [0.717, 1.165) is 48.9 Å². The second-order valence-corrected chi connectivity index (χ2v) is 6.94. The maximum atomic E-state index is 10.3. The largest absolute Gasteiger partial charge is 0.496 e. The average Bonchev–Trinajstić information content (AvgIpc) is 3.05. The third-order valence-corrected chi connectivity index (χ3v) is 4.58. The van der Waals surface area contributed by atoms with Crippen molar-refractivity contribution in [3.63, 3.8) is 0 Å². The van der Waals surface area contributed by atoms with Gasteiger partial charge in [-0.05, 0) is 26.2 Å². The van der Waals surface area contributed by atoms with Crippen molar-refractivity contribution in [2.45, 2.75) is 19.2 Å². The molecule has 1 aliphatic heterocycles. The summed E-state index contributed by atoms with van der Waals surface area (Å²) in [6.07, 6.45) is 3.74. The Morgan fingerprint density at radius 1 is 1.31 bits per heavy atom.